The second-order valence-corrected chi connectivity index (χ2v) is 5.21. The van der Waals surface area contributed by atoms with Crippen LogP contribution in [0.4, 0.5) is 0 Å². The summed E-state index contributed by atoms with van der Waals surface area (Å²) in [6.07, 6.45) is 1.98. The van der Waals surface area contributed by atoms with Gasteiger partial charge in [-0.2, -0.15) is 11.8 Å². The molecule has 0 aromatic rings. The zero-order valence-corrected chi connectivity index (χ0v) is 10.2. The number of rotatable bonds is 2. The van der Waals surface area contributed by atoms with Crippen molar-refractivity contribution in [1.29, 1.82) is 0 Å². The van der Waals surface area contributed by atoms with E-state index in [0.29, 0.717) is 12.1 Å². The van der Waals surface area contributed by atoms with Crippen LogP contribution in [0.1, 0.15) is 20.8 Å². The lowest BCUT2D eigenvalue weighted by atomic mass is 10.1. The van der Waals surface area contributed by atoms with Gasteiger partial charge in [-0.05, 0) is 27.0 Å². The maximum atomic E-state index is 12.0. The van der Waals surface area contributed by atoms with E-state index in [9.17, 15) is 4.79 Å². The third-order valence-electron chi connectivity index (χ3n) is 2.75. The van der Waals surface area contributed by atoms with Gasteiger partial charge < -0.3 is 10.2 Å². The molecule has 1 amide bonds. The number of carbonyl (C=O) groups is 1. The zero-order valence-electron chi connectivity index (χ0n) is 9.41. The van der Waals surface area contributed by atoms with E-state index < -0.39 is 0 Å². The number of nitrogens with zero attached hydrogens (tertiary/aromatic N) is 1. The third kappa shape index (κ3) is 2.64. The lowest BCUT2D eigenvalue weighted by Crippen LogP contribution is -2.57. The predicted molar refractivity (Wildman–Crippen MR) is 61.6 cm³/mol. The molecule has 3 nitrogen and oxygen atoms in total. The number of amides is 1. The van der Waals surface area contributed by atoms with Crippen LogP contribution in [-0.4, -0.2) is 47.5 Å². The molecule has 1 fully saturated rings. The first-order valence-electron chi connectivity index (χ1n) is 5.13. The van der Waals surface area contributed by atoms with E-state index in [-0.39, 0.29) is 11.2 Å². The molecule has 1 rings (SSSR count). The largest absolute Gasteiger partial charge is 0.336 e. The molecule has 1 saturated heterocycles. The molecular weight excluding hydrogens is 196 g/mol. The fourth-order valence-electron chi connectivity index (χ4n) is 1.66. The molecule has 1 N–H and O–H groups in total. The molecule has 0 aromatic carbocycles. The minimum Gasteiger partial charge on any atom is -0.336 e. The molecule has 3 unspecified atom stereocenters. The van der Waals surface area contributed by atoms with Crippen LogP contribution in [-0.2, 0) is 4.79 Å². The first-order valence-corrected chi connectivity index (χ1v) is 6.41. The van der Waals surface area contributed by atoms with Crippen LogP contribution in [0.3, 0.4) is 0 Å². The fourth-order valence-corrected chi connectivity index (χ4v) is 2.00. The van der Waals surface area contributed by atoms with E-state index in [4.69, 9.17) is 0 Å². The predicted octanol–water partition coefficient (Wildman–Crippen LogP) is 0.947. The van der Waals surface area contributed by atoms with Crippen molar-refractivity contribution in [2.45, 2.75) is 38.1 Å². The van der Waals surface area contributed by atoms with Gasteiger partial charge in [0.2, 0.25) is 5.91 Å². The van der Waals surface area contributed by atoms with Crippen molar-refractivity contribution in [2.75, 3.05) is 19.3 Å². The van der Waals surface area contributed by atoms with Gasteiger partial charge in [0.25, 0.3) is 0 Å². The smallest absolute Gasteiger partial charge is 0.235 e. The Bertz CT molecular complexity index is 210. The summed E-state index contributed by atoms with van der Waals surface area (Å²) in [7, 11) is 0. The molecule has 0 radical (unpaired) electrons. The molecule has 3 atom stereocenters. The average molecular weight is 216 g/mol. The van der Waals surface area contributed by atoms with Crippen molar-refractivity contribution in [1.82, 2.24) is 10.2 Å². The summed E-state index contributed by atoms with van der Waals surface area (Å²) in [5, 5.41) is 3.46. The second kappa shape index (κ2) is 5.03. The van der Waals surface area contributed by atoms with Crippen molar-refractivity contribution in [3.8, 4) is 0 Å². The van der Waals surface area contributed by atoms with Crippen molar-refractivity contribution in [2.24, 2.45) is 0 Å². The summed E-state index contributed by atoms with van der Waals surface area (Å²) >= 11 is 1.62. The van der Waals surface area contributed by atoms with Gasteiger partial charge in [-0.15, -0.1) is 0 Å². The molecule has 0 saturated carbocycles. The topological polar surface area (TPSA) is 32.3 Å². The molecule has 1 aliphatic heterocycles. The molecule has 1 heterocycles. The molecule has 0 spiro atoms. The van der Waals surface area contributed by atoms with E-state index in [1.54, 1.807) is 11.8 Å². The monoisotopic (exact) mass is 216 g/mol. The quantitative estimate of drug-likeness (QED) is 0.746. The molecule has 0 aliphatic carbocycles. The summed E-state index contributed by atoms with van der Waals surface area (Å²) in [4.78, 5) is 14.0. The second-order valence-electron chi connectivity index (χ2n) is 4.03. The van der Waals surface area contributed by atoms with Gasteiger partial charge in [0.1, 0.15) is 0 Å². The molecule has 4 heteroatoms. The van der Waals surface area contributed by atoms with Gasteiger partial charge in [0, 0.05) is 25.2 Å². The zero-order chi connectivity index (χ0) is 10.7. The van der Waals surface area contributed by atoms with Crippen molar-refractivity contribution in [3.63, 3.8) is 0 Å². The first-order chi connectivity index (χ1) is 6.56. The number of carbonyl (C=O) groups excluding carboxylic acids is 1. The lowest BCUT2D eigenvalue weighted by molar-refractivity contribution is -0.133. The summed E-state index contributed by atoms with van der Waals surface area (Å²) < 4.78 is 0. The van der Waals surface area contributed by atoms with Crippen LogP contribution in [0, 0.1) is 0 Å². The Morgan fingerprint density at radius 3 is 2.79 bits per heavy atom. The van der Waals surface area contributed by atoms with E-state index >= 15 is 0 Å². The average Bonchev–Trinajstić information content (AvgIpc) is 2.19. The van der Waals surface area contributed by atoms with Crippen LogP contribution in [0.5, 0.6) is 0 Å². The van der Waals surface area contributed by atoms with Crippen molar-refractivity contribution < 1.29 is 4.79 Å². The highest BCUT2D eigenvalue weighted by Crippen LogP contribution is 2.14. The van der Waals surface area contributed by atoms with Crippen LogP contribution in [0.25, 0.3) is 0 Å². The van der Waals surface area contributed by atoms with Gasteiger partial charge in [-0.1, -0.05) is 0 Å². The first kappa shape index (κ1) is 11.9. The molecule has 1 aliphatic rings. The van der Waals surface area contributed by atoms with Gasteiger partial charge in [0.05, 0.1) is 5.25 Å². The summed E-state index contributed by atoms with van der Waals surface area (Å²) in [6.45, 7) is 7.95. The number of piperazine rings is 1. The van der Waals surface area contributed by atoms with Gasteiger partial charge in [-0.25, -0.2) is 0 Å². The van der Waals surface area contributed by atoms with Crippen LogP contribution >= 0.6 is 11.8 Å². The Morgan fingerprint density at radius 2 is 2.21 bits per heavy atom. The van der Waals surface area contributed by atoms with Gasteiger partial charge >= 0.3 is 0 Å². The maximum absolute atomic E-state index is 12.0. The van der Waals surface area contributed by atoms with Crippen molar-refractivity contribution >= 4 is 17.7 Å². The normalized spacial score (nSPS) is 30.1. The van der Waals surface area contributed by atoms with Crippen LogP contribution < -0.4 is 5.32 Å². The Labute approximate surface area is 90.6 Å². The summed E-state index contributed by atoms with van der Waals surface area (Å²) in [5.41, 5.74) is 0. The molecule has 0 bridgehead atoms. The lowest BCUT2D eigenvalue weighted by Gasteiger charge is -2.38. The highest BCUT2D eigenvalue weighted by molar-refractivity contribution is 7.99. The fraction of sp³-hybridized carbons (Fsp3) is 0.900. The van der Waals surface area contributed by atoms with Crippen LogP contribution in [0.15, 0.2) is 0 Å². The molecular formula is C10H20N2OS. The SMILES string of the molecule is CSC(C)C(=O)N1CC(C)NCC1C. The minimum atomic E-state index is 0.0859. The molecule has 0 aromatic heterocycles. The van der Waals surface area contributed by atoms with E-state index in [2.05, 4.69) is 19.2 Å². The number of hydrogen-bond donors (Lipinski definition) is 1. The van der Waals surface area contributed by atoms with Crippen molar-refractivity contribution in [3.05, 3.63) is 0 Å². The summed E-state index contributed by atoms with van der Waals surface area (Å²) in [6, 6.07) is 0.748. The standard InChI is InChI=1S/C10H20N2OS/c1-7-6-12(8(2)5-11-7)10(13)9(3)14-4/h7-9,11H,5-6H2,1-4H3. The van der Waals surface area contributed by atoms with E-state index in [1.807, 2.05) is 18.1 Å². The highest BCUT2D eigenvalue weighted by Gasteiger charge is 2.28. The molecule has 14 heavy (non-hydrogen) atoms. The number of hydrogen-bond acceptors (Lipinski definition) is 3. The van der Waals surface area contributed by atoms with Crippen LogP contribution in [0.2, 0.25) is 0 Å². The number of nitrogens with one attached hydrogen (secondary N) is 1. The summed E-state index contributed by atoms with van der Waals surface area (Å²) in [5.74, 6) is 0.276. The van der Waals surface area contributed by atoms with E-state index in [0.717, 1.165) is 13.1 Å². The Kier molecular flexibility index (Phi) is 4.26. The minimum absolute atomic E-state index is 0.0859. The maximum Gasteiger partial charge on any atom is 0.235 e. The number of thioether (sulfide) groups is 1. The Morgan fingerprint density at radius 1 is 1.57 bits per heavy atom. The third-order valence-corrected chi connectivity index (χ3v) is 3.66. The van der Waals surface area contributed by atoms with E-state index in [1.165, 1.54) is 0 Å². The Hall–Kier alpha value is -0.220. The highest BCUT2D eigenvalue weighted by atomic mass is 32.2. The van der Waals surface area contributed by atoms with Gasteiger partial charge in [0.15, 0.2) is 0 Å². The Balaban J connectivity index is 2.60. The van der Waals surface area contributed by atoms with Gasteiger partial charge in [-0.3, -0.25) is 4.79 Å². The molecule has 82 valence electrons.